The minimum atomic E-state index is 0.629. The number of anilines is 2. The summed E-state index contributed by atoms with van der Waals surface area (Å²) in [6.45, 7) is 4.03. The first-order valence-electron chi connectivity index (χ1n) is 6.10. The normalized spacial score (nSPS) is 17.3. The van der Waals surface area contributed by atoms with Crippen molar-refractivity contribution in [1.82, 2.24) is 14.9 Å². The number of benzene rings is 1. The zero-order valence-corrected chi connectivity index (χ0v) is 10.3. The van der Waals surface area contributed by atoms with Gasteiger partial charge in [0.1, 0.15) is 5.52 Å². The fraction of sp³-hybridized carbons (Fsp3) is 0.417. The number of hydrogen-bond donors (Lipinski definition) is 3. The summed E-state index contributed by atoms with van der Waals surface area (Å²) in [6.07, 6.45) is 0. The number of fused-ring (bicyclic) bond motifs is 1. The van der Waals surface area contributed by atoms with Crippen LogP contribution in [0.3, 0.4) is 0 Å². The molecular formula is C12H17N5O. The fourth-order valence-electron chi connectivity index (χ4n) is 2.28. The molecule has 0 saturated carbocycles. The molecule has 96 valence electrons. The van der Waals surface area contributed by atoms with Crippen LogP contribution in [-0.2, 0) is 0 Å². The molecule has 1 saturated heterocycles. The van der Waals surface area contributed by atoms with Gasteiger partial charge < -0.3 is 14.8 Å². The van der Waals surface area contributed by atoms with E-state index in [4.69, 9.17) is 5.21 Å². The highest BCUT2D eigenvalue weighted by molar-refractivity contribution is 5.89. The zero-order chi connectivity index (χ0) is 12.5. The first-order chi connectivity index (χ1) is 8.78. The van der Waals surface area contributed by atoms with Gasteiger partial charge in [-0.15, -0.1) is 0 Å². The number of para-hydroxylation sites is 1. The number of aromatic nitrogens is 2. The topological polar surface area (TPSA) is 67.4 Å². The molecular weight excluding hydrogens is 230 g/mol. The van der Waals surface area contributed by atoms with E-state index in [0.29, 0.717) is 5.69 Å². The highest BCUT2D eigenvalue weighted by Gasteiger charge is 2.17. The second-order valence-electron chi connectivity index (χ2n) is 4.66. The molecule has 18 heavy (non-hydrogen) atoms. The summed E-state index contributed by atoms with van der Waals surface area (Å²) in [6, 6.07) is 5.65. The van der Waals surface area contributed by atoms with Crippen LogP contribution in [-0.4, -0.2) is 53.3 Å². The summed E-state index contributed by atoms with van der Waals surface area (Å²) in [5.41, 5.74) is 4.52. The lowest BCUT2D eigenvalue weighted by molar-refractivity contribution is 0.311. The second kappa shape index (κ2) is 4.47. The van der Waals surface area contributed by atoms with Gasteiger partial charge in [-0.3, -0.25) is 10.7 Å². The molecule has 1 fully saturated rings. The van der Waals surface area contributed by atoms with E-state index in [9.17, 15) is 0 Å². The van der Waals surface area contributed by atoms with Gasteiger partial charge in [0, 0.05) is 26.2 Å². The van der Waals surface area contributed by atoms with Crippen LogP contribution < -0.4 is 10.4 Å². The van der Waals surface area contributed by atoms with Crippen LogP contribution in [0.15, 0.2) is 18.2 Å². The largest absolute Gasteiger partial charge is 0.340 e. The van der Waals surface area contributed by atoms with E-state index in [2.05, 4.69) is 32.3 Å². The maximum Gasteiger partial charge on any atom is 0.204 e. The molecule has 2 heterocycles. The molecule has 6 heteroatoms. The standard InChI is InChI=1S/C12H17N5O/c1-16-5-7-17(8-6-16)12-13-9-3-2-4-10(15-18)11(9)14-12/h2-4,15,18H,5-8H2,1H3,(H,13,14). The van der Waals surface area contributed by atoms with Crippen LogP contribution in [0.4, 0.5) is 11.6 Å². The summed E-state index contributed by atoms with van der Waals surface area (Å²) in [4.78, 5) is 12.4. The lowest BCUT2D eigenvalue weighted by Crippen LogP contribution is -2.44. The number of aromatic amines is 1. The number of piperazine rings is 1. The van der Waals surface area contributed by atoms with Crippen LogP contribution in [0.1, 0.15) is 0 Å². The molecule has 0 unspecified atom stereocenters. The van der Waals surface area contributed by atoms with Crippen molar-refractivity contribution in [2.45, 2.75) is 0 Å². The van der Waals surface area contributed by atoms with Gasteiger partial charge in [-0.25, -0.2) is 4.98 Å². The number of hydrogen-bond acceptors (Lipinski definition) is 5. The molecule has 1 aliphatic heterocycles. The lowest BCUT2D eigenvalue weighted by atomic mass is 10.3. The number of rotatable bonds is 2. The van der Waals surface area contributed by atoms with Gasteiger partial charge in [-0.05, 0) is 19.2 Å². The predicted molar refractivity (Wildman–Crippen MR) is 71.2 cm³/mol. The lowest BCUT2D eigenvalue weighted by Gasteiger charge is -2.32. The monoisotopic (exact) mass is 247 g/mol. The van der Waals surface area contributed by atoms with Gasteiger partial charge in [-0.1, -0.05) is 6.07 Å². The Morgan fingerprint density at radius 2 is 2.06 bits per heavy atom. The smallest absolute Gasteiger partial charge is 0.204 e. The third-order valence-corrected chi connectivity index (χ3v) is 3.42. The van der Waals surface area contributed by atoms with E-state index < -0.39 is 0 Å². The van der Waals surface area contributed by atoms with E-state index in [0.717, 1.165) is 43.2 Å². The van der Waals surface area contributed by atoms with Crippen molar-refractivity contribution < 1.29 is 5.21 Å². The summed E-state index contributed by atoms with van der Waals surface area (Å²) < 4.78 is 0. The Balaban J connectivity index is 1.93. The highest BCUT2D eigenvalue weighted by Crippen LogP contribution is 2.24. The van der Waals surface area contributed by atoms with Gasteiger partial charge in [-0.2, -0.15) is 0 Å². The predicted octanol–water partition coefficient (Wildman–Crippen LogP) is 1.12. The van der Waals surface area contributed by atoms with Crippen LogP contribution in [0, 0.1) is 0 Å². The Bertz CT molecular complexity index is 544. The van der Waals surface area contributed by atoms with Gasteiger partial charge in [0.25, 0.3) is 0 Å². The summed E-state index contributed by atoms with van der Waals surface area (Å²) in [5, 5.41) is 9.07. The Morgan fingerprint density at radius 1 is 1.28 bits per heavy atom. The maximum absolute atomic E-state index is 9.07. The van der Waals surface area contributed by atoms with Gasteiger partial charge >= 0.3 is 0 Å². The Kier molecular flexibility index (Phi) is 2.81. The molecule has 3 rings (SSSR count). The molecule has 0 atom stereocenters. The molecule has 1 aromatic heterocycles. The summed E-state index contributed by atoms with van der Waals surface area (Å²) >= 11 is 0. The number of likely N-dealkylation sites (N-methyl/N-ethyl adjacent to an activating group) is 1. The van der Waals surface area contributed by atoms with Crippen molar-refractivity contribution in [2.75, 3.05) is 43.6 Å². The summed E-state index contributed by atoms with van der Waals surface area (Å²) in [7, 11) is 2.13. The van der Waals surface area contributed by atoms with E-state index >= 15 is 0 Å². The van der Waals surface area contributed by atoms with E-state index in [1.165, 1.54) is 0 Å². The van der Waals surface area contributed by atoms with E-state index in [-0.39, 0.29) is 0 Å². The van der Waals surface area contributed by atoms with Gasteiger partial charge in [0.15, 0.2) is 0 Å². The molecule has 1 aromatic carbocycles. The third-order valence-electron chi connectivity index (χ3n) is 3.42. The highest BCUT2D eigenvalue weighted by atomic mass is 16.5. The van der Waals surface area contributed by atoms with Crippen molar-refractivity contribution in [3.05, 3.63) is 18.2 Å². The molecule has 0 bridgehead atoms. The molecule has 0 aliphatic carbocycles. The second-order valence-corrected chi connectivity index (χ2v) is 4.66. The van der Waals surface area contributed by atoms with Gasteiger partial charge in [0.2, 0.25) is 5.95 Å². The van der Waals surface area contributed by atoms with Crippen molar-refractivity contribution in [3.63, 3.8) is 0 Å². The summed E-state index contributed by atoms with van der Waals surface area (Å²) in [5.74, 6) is 0.876. The number of nitrogens with zero attached hydrogens (tertiary/aromatic N) is 3. The van der Waals surface area contributed by atoms with Crippen LogP contribution in [0.2, 0.25) is 0 Å². The molecule has 6 nitrogen and oxygen atoms in total. The van der Waals surface area contributed by atoms with Crippen LogP contribution in [0.25, 0.3) is 11.0 Å². The quantitative estimate of drug-likeness (QED) is 0.694. The first-order valence-corrected chi connectivity index (χ1v) is 6.10. The molecule has 2 aromatic rings. The zero-order valence-electron chi connectivity index (χ0n) is 10.3. The van der Waals surface area contributed by atoms with Crippen LogP contribution in [0.5, 0.6) is 0 Å². The minimum absolute atomic E-state index is 0.629. The van der Waals surface area contributed by atoms with Crippen molar-refractivity contribution >= 4 is 22.7 Å². The SMILES string of the molecule is CN1CCN(c2nc3c(NO)cccc3[nH]2)CC1. The van der Waals surface area contributed by atoms with E-state index in [1.54, 1.807) is 6.07 Å². The minimum Gasteiger partial charge on any atom is -0.340 e. The number of nitrogens with one attached hydrogen (secondary N) is 2. The Morgan fingerprint density at radius 3 is 2.78 bits per heavy atom. The molecule has 1 aliphatic rings. The molecule has 0 radical (unpaired) electrons. The van der Waals surface area contributed by atoms with Crippen molar-refractivity contribution in [1.29, 1.82) is 0 Å². The number of imidazole rings is 1. The first kappa shape index (κ1) is 11.3. The third kappa shape index (κ3) is 1.89. The Hall–Kier alpha value is -1.79. The van der Waals surface area contributed by atoms with Crippen molar-refractivity contribution in [3.8, 4) is 0 Å². The maximum atomic E-state index is 9.07. The molecule has 0 amide bonds. The molecule has 0 spiro atoms. The average molecular weight is 247 g/mol. The van der Waals surface area contributed by atoms with Crippen molar-refractivity contribution in [2.24, 2.45) is 0 Å². The fourth-order valence-corrected chi connectivity index (χ4v) is 2.28. The van der Waals surface area contributed by atoms with Gasteiger partial charge in [0.05, 0.1) is 11.2 Å². The van der Waals surface area contributed by atoms with Crippen LogP contribution >= 0.6 is 0 Å². The average Bonchev–Trinajstić information content (AvgIpc) is 2.83. The molecule has 3 N–H and O–H groups in total. The van der Waals surface area contributed by atoms with E-state index in [1.807, 2.05) is 12.1 Å². The Labute approximate surface area is 105 Å². The number of H-pyrrole nitrogens is 1.